The first-order valence-corrected chi connectivity index (χ1v) is 11.0. The van der Waals surface area contributed by atoms with Crippen LogP contribution in [0.4, 0.5) is 0 Å². The van der Waals surface area contributed by atoms with E-state index in [2.05, 4.69) is 47.2 Å². The third-order valence-corrected chi connectivity index (χ3v) is 5.91. The molecule has 0 radical (unpaired) electrons. The lowest BCUT2D eigenvalue weighted by atomic mass is 9.86. The summed E-state index contributed by atoms with van der Waals surface area (Å²) in [6.07, 6.45) is 5.46. The molecule has 0 spiro atoms. The van der Waals surface area contributed by atoms with E-state index in [0.717, 1.165) is 47.2 Å². The Morgan fingerprint density at radius 2 is 2.11 bits per heavy atom. The summed E-state index contributed by atoms with van der Waals surface area (Å²) in [5.41, 5.74) is 16.0. The van der Waals surface area contributed by atoms with Crippen molar-refractivity contribution in [2.75, 3.05) is 18.1 Å². The minimum absolute atomic E-state index is 0.496. The fourth-order valence-corrected chi connectivity index (χ4v) is 4.67. The second kappa shape index (κ2) is 9.39. The highest BCUT2D eigenvalue weighted by atomic mass is 35.5. The van der Waals surface area contributed by atoms with E-state index in [1.807, 2.05) is 0 Å². The molecule has 0 saturated heterocycles. The van der Waals surface area contributed by atoms with Gasteiger partial charge in [-0.2, -0.15) is 11.8 Å². The maximum Gasteiger partial charge on any atom is 0.0965 e. The van der Waals surface area contributed by atoms with Gasteiger partial charge in [-0.3, -0.25) is 0 Å². The summed E-state index contributed by atoms with van der Waals surface area (Å²) in [5, 5.41) is 6.27. The number of hydrogen-bond donors (Lipinski definition) is 3. The molecule has 0 atom stereocenters. The lowest BCUT2D eigenvalue weighted by Gasteiger charge is -2.20. The van der Waals surface area contributed by atoms with Crippen molar-refractivity contribution >= 4 is 45.7 Å². The molecule has 2 aromatic rings. The summed E-state index contributed by atoms with van der Waals surface area (Å²) >= 11 is 8.54. The molecule has 0 amide bonds. The minimum atomic E-state index is 0.496. The fraction of sp³-hybridized carbons (Fsp3) is 0.318. The van der Waals surface area contributed by atoms with Crippen molar-refractivity contribution in [3.63, 3.8) is 0 Å². The Bertz CT molecular complexity index is 945. The van der Waals surface area contributed by atoms with Gasteiger partial charge in [-0.1, -0.05) is 36.4 Å². The van der Waals surface area contributed by atoms with Crippen LogP contribution in [0.2, 0.25) is 5.02 Å². The Labute approximate surface area is 176 Å². The third-order valence-electron chi connectivity index (χ3n) is 4.72. The summed E-state index contributed by atoms with van der Waals surface area (Å²) in [6, 6.07) is 8.59. The number of amidine groups is 1. The van der Waals surface area contributed by atoms with Crippen molar-refractivity contribution in [3.05, 3.63) is 64.5 Å². The third kappa shape index (κ3) is 4.83. The molecule has 148 valence electrons. The number of aliphatic imine (C=N–C) groups is 1. The van der Waals surface area contributed by atoms with Crippen molar-refractivity contribution in [1.29, 1.82) is 0 Å². The Morgan fingerprint density at radius 1 is 1.32 bits per heavy atom. The van der Waals surface area contributed by atoms with E-state index in [4.69, 9.17) is 23.1 Å². The number of rotatable bonds is 8. The largest absolute Gasteiger partial charge is 0.387 e. The maximum atomic E-state index is 6.75. The van der Waals surface area contributed by atoms with E-state index in [9.17, 15) is 0 Å². The Morgan fingerprint density at radius 3 is 2.86 bits per heavy atom. The summed E-state index contributed by atoms with van der Waals surface area (Å²) in [6.45, 7) is 6.22. The van der Waals surface area contributed by atoms with E-state index >= 15 is 0 Å². The highest BCUT2D eigenvalue weighted by Crippen LogP contribution is 2.39. The van der Waals surface area contributed by atoms with Crippen LogP contribution in [0.25, 0.3) is 16.5 Å². The number of hydrogen-bond acceptors (Lipinski definition) is 4. The zero-order chi connectivity index (χ0) is 20.1. The van der Waals surface area contributed by atoms with E-state index < -0.39 is 0 Å². The van der Waals surface area contributed by atoms with Crippen molar-refractivity contribution in [2.24, 2.45) is 16.5 Å². The molecule has 0 unspecified atom stereocenters. The molecule has 28 heavy (non-hydrogen) atoms. The van der Waals surface area contributed by atoms with Crippen LogP contribution in [0.5, 0.6) is 0 Å². The molecular formula is C22H27ClN4S. The van der Waals surface area contributed by atoms with Gasteiger partial charge in [-0.15, -0.1) is 0 Å². The molecular weight excluding hydrogens is 388 g/mol. The van der Waals surface area contributed by atoms with Gasteiger partial charge >= 0.3 is 0 Å². The van der Waals surface area contributed by atoms with Crippen LogP contribution >= 0.6 is 23.4 Å². The first-order chi connectivity index (χ1) is 13.5. The highest BCUT2D eigenvalue weighted by Gasteiger charge is 2.19. The zero-order valence-electron chi connectivity index (χ0n) is 16.2. The van der Waals surface area contributed by atoms with Crippen LogP contribution in [0.3, 0.4) is 0 Å². The van der Waals surface area contributed by atoms with Gasteiger partial charge in [0.25, 0.3) is 0 Å². The number of halogens is 1. The second-order valence-corrected chi connectivity index (χ2v) is 8.51. The number of aryl methyl sites for hydroxylation is 2. The lowest BCUT2D eigenvalue weighted by molar-refractivity contribution is 0.808. The van der Waals surface area contributed by atoms with Crippen LogP contribution in [-0.2, 0) is 12.8 Å². The monoisotopic (exact) mass is 414 g/mol. The molecule has 1 aliphatic rings. The lowest BCUT2D eigenvalue weighted by Crippen LogP contribution is -2.21. The van der Waals surface area contributed by atoms with Gasteiger partial charge in [-0.05, 0) is 60.2 Å². The summed E-state index contributed by atoms with van der Waals surface area (Å²) < 4.78 is 0. The zero-order valence-corrected chi connectivity index (χ0v) is 17.8. The van der Waals surface area contributed by atoms with Crippen LogP contribution < -0.4 is 16.8 Å². The highest BCUT2D eigenvalue weighted by molar-refractivity contribution is 7.99. The van der Waals surface area contributed by atoms with E-state index in [-0.39, 0.29) is 0 Å². The number of nitrogens with two attached hydrogens (primary N) is 2. The topological polar surface area (TPSA) is 76.4 Å². The minimum Gasteiger partial charge on any atom is -0.387 e. The average Bonchev–Trinajstić information content (AvgIpc) is 2.63. The quantitative estimate of drug-likeness (QED) is 0.338. The SMILES string of the molecule is C=C(N)NCCSC/C=C(\N=C(C)N)c1c(Cl)cc2c3c(cccc13)CCC2. The van der Waals surface area contributed by atoms with Crippen molar-refractivity contribution in [2.45, 2.75) is 26.2 Å². The van der Waals surface area contributed by atoms with Gasteiger partial charge < -0.3 is 16.8 Å². The molecule has 0 saturated carbocycles. The molecule has 0 bridgehead atoms. The predicted molar refractivity (Wildman–Crippen MR) is 125 cm³/mol. The summed E-state index contributed by atoms with van der Waals surface area (Å²) in [7, 11) is 0. The van der Waals surface area contributed by atoms with Gasteiger partial charge in [0.1, 0.15) is 0 Å². The molecule has 5 N–H and O–H groups in total. The standard InChI is InChI=1S/C22H27ClN4S/c1-14(24)26-10-12-28-11-9-20(27-15(2)25)22-18-8-4-6-16-5-3-7-17(21(16)18)13-19(22)23/h4,6,8-9,13,26H,1,3,5,7,10-12,24H2,2H3,(H2,25,27)/b20-9-. The molecule has 4 nitrogen and oxygen atoms in total. The molecule has 0 fully saturated rings. The van der Waals surface area contributed by atoms with Crippen molar-refractivity contribution < 1.29 is 0 Å². The number of nitrogens with one attached hydrogen (secondary N) is 1. The molecule has 0 aromatic heterocycles. The molecule has 1 aliphatic carbocycles. The molecule has 6 heteroatoms. The fourth-order valence-electron chi connectivity index (χ4n) is 3.65. The van der Waals surface area contributed by atoms with Crippen LogP contribution in [-0.4, -0.2) is 23.9 Å². The van der Waals surface area contributed by atoms with E-state index in [0.29, 0.717) is 11.7 Å². The van der Waals surface area contributed by atoms with Gasteiger partial charge in [0, 0.05) is 23.6 Å². The summed E-state index contributed by atoms with van der Waals surface area (Å²) in [4.78, 5) is 4.62. The number of benzene rings is 2. The van der Waals surface area contributed by atoms with Gasteiger partial charge in [0.05, 0.1) is 22.4 Å². The predicted octanol–water partition coefficient (Wildman–Crippen LogP) is 4.45. The van der Waals surface area contributed by atoms with Crippen molar-refractivity contribution in [3.8, 4) is 0 Å². The average molecular weight is 415 g/mol. The smallest absolute Gasteiger partial charge is 0.0965 e. The molecule has 3 rings (SSSR count). The Hall–Kier alpha value is -2.11. The normalized spacial score (nSPS) is 14.4. The molecule has 0 aliphatic heterocycles. The number of thioether (sulfide) groups is 1. The first-order valence-electron chi connectivity index (χ1n) is 9.47. The number of nitrogens with zero attached hydrogens (tertiary/aromatic N) is 1. The van der Waals surface area contributed by atoms with Gasteiger partial charge in [-0.25, -0.2) is 4.99 Å². The first kappa shape index (κ1) is 20.6. The van der Waals surface area contributed by atoms with Gasteiger partial charge in [0.2, 0.25) is 0 Å². The Balaban J connectivity index is 1.95. The van der Waals surface area contributed by atoms with Crippen LogP contribution in [0.1, 0.15) is 30.0 Å². The molecule has 2 aromatic carbocycles. The van der Waals surface area contributed by atoms with Crippen LogP contribution in [0.15, 0.2) is 47.7 Å². The second-order valence-electron chi connectivity index (χ2n) is 6.96. The van der Waals surface area contributed by atoms with Crippen molar-refractivity contribution in [1.82, 2.24) is 5.32 Å². The van der Waals surface area contributed by atoms with E-state index in [1.165, 1.54) is 28.3 Å². The van der Waals surface area contributed by atoms with Gasteiger partial charge in [0.15, 0.2) is 0 Å². The Kier molecular flexibility index (Phi) is 6.92. The van der Waals surface area contributed by atoms with E-state index in [1.54, 1.807) is 18.7 Å². The molecule has 0 heterocycles. The van der Waals surface area contributed by atoms with Crippen LogP contribution in [0, 0.1) is 0 Å². The maximum absolute atomic E-state index is 6.75. The summed E-state index contributed by atoms with van der Waals surface area (Å²) in [5.74, 6) is 2.75.